The van der Waals surface area contributed by atoms with E-state index in [4.69, 9.17) is 4.74 Å². The molecule has 0 bridgehead atoms. The third kappa shape index (κ3) is 3.77. The zero-order chi connectivity index (χ0) is 24.0. The molecular weight excluding hydrogens is 448 g/mol. The molecule has 1 amide bonds. The van der Waals surface area contributed by atoms with Gasteiger partial charge in [-0.15, -0.1) is 0 Å². The summed E-state index contributed by atoms with van der Waals surface area (Å²) in [4.78, 5) is 30.2. The van der Waals surface area contributed by atoms with Gasteiger partial charge in [0, 0.05) is 38.9 Å². The van der Waals surface area contributed by atoms with Crippen LogP contribution in [0.25, 0.3) is 5.65 Å². The van der Waals surface area contributed by atoms with Crippen LogP contribution in [0.4, 0.5) is 26.1 Å². The average Bonchev–Trinajstić information content (AvgIpc) is 3.22. The summed E-state index contributed by atoms with van der Waals surface area (Å²) in [6.07, 6.45) is 4.69. The number of fused-ring (bicyclic) bond motifs is 1. The third-order valence-corrected chi connectivity index (χ3v) is 6.59. The second-order valence-electron chi connectivity index (χ2n) is 8.64. The molecule has 34 heavy (non-hydrogen) atoms. The number of halogens is 2. The second kappa shape index (κ2) is 8.35. The molecule has 2 fully saturated rings. The lowest BCUT2D eigenvalue weighted by Gasteiger charge is -2.36. The Morgan fingerprint density at radius 1 is 1.32 bits per heavy atom. The summed E-state index contributed by atoms with van der Waals surface area (Å²) in [7, 11) is 3.33. The van der Waals surface area contributed by atoms with Crippen LogP contribution in [0.15, 0.2) is 35.4 Å². The van der Waals surface area contributed by atoms with Crippen LogP contribution in [0.5, 0.6) is 0 Å². The topological polar surface area (TPSA) is 115 Å². The van der Waals surface area contributed by atoms with Crippen molar-refractivity contribution in [2.75, 3.05) is 24.8 Å². The number of alkyl halides is 2. The van der Waals surface area contributed by atoms with Crippen LogP contribution in [0.1, 0.15) is 42.1 Å². The number of amides is 1. The average molecular weight is 473 g/mol. The number of pyridine rings is 1. The highest BCUT2D eigenvalue weighted by Gasteiger charge is 2.49. The number of hydrogen-bond donors (Lipinski definition) is 3. The van der Waals surface area contributed by atoms with E-state index in [-0.39, 0.29) is 41.8 Å². The quantitative estimate of drug-likeness (QED) is 0.483. The number of methoxy groups -OCH3 is 1. The Hall–Kier alpha value is -3.54. The lowest BCUT2D eigenvalue weighted by atomic mass is 9.88. The monoisotopic (exact) mass is 473 g/mol. The molecule has 3 aromatic rings. The summed E-state index contributed by atoms with van der Waals surface area (Å²) in [6, 6.07) is 3.93. The molecule has 3 heterocycles. The van der Waals surface area contributed by atoms with E-state index < -0.39 is 17.9 Å². The minimum Gasteiger partial charge on any atom is -0.381 e. The molecule has 0 spiro atoms. The molecular formula is C22H25F2N7O3. The fourth-order valence-corrected chi connectivity index (χ4v) is 4.27. The molecule has 0 saturated heterocycles. The highest BCUT2D eigenvalue weighted by molar-refractivity contribution is 6.00. The first-order chi connectivity index (χ1) is 16.3. The van der Waals surface area contributed by atoms with Crippen LogP contribution in [0.3, 0.4) is 0 Å². The third-order valence-electron chi connectivity index (χ3n) is 6.59. The maximum Gasteiger partial charge on any atom is 0.274 e. The Morgan fingerprint density at radius 2 is 2.12 bits per heavy atom. The van der Waals surface area contributed by atoms with Crippen LogP contribution < -0.4 is 21.5 Å². The SMILES string of the molecule is CNc1cc(Nc2cccn([C@H]3C[C@H](OC)C3)c2=O)nc2c(C(=O)N[C@H]3CCC3(F)F)cnn12. The Labute approximate surface area is 193 Å². The standard InChI is InChI=1S/C22H25F2N7O3/c1-25-18-10-17(27-15-4-3-7-30(21(15)33)12-8-13(9-12)34-2)29-19-14(11-26-31(18)19)20(32)28-16-5-6-22(16,23)24/h3-4,7,10-13,16,25H,5-6,8-9H2,1-2H3,(H,27,29)(H,28,32)/t12-,13-,16-/m0/s1. The van der Waals surface area contributed by atoms with E-state index in [2.05, 4.69) is 26.0 Å². The maximum absolute atomic E-state index is 13.6. The number of aromatic nitrogens is 4. The predicted molar refractivity (Wildman–Crippen MR) is 121 cm³/mol. The van der Waals surface area contributed by atoms with Crippen LogP contribution in [-0.2, 0) is 4.74 Å². The molecule has 0 aliphatic heterocycles. The van der Waals surface area contributed by atoms with Crippen LogP contribution in [0.2, 0.25) is 0 Å². The van der Waals surface area contributed by atoms with E-state index in [9.17, 15) is 18.4 Å². The molecule has 1 atom stereocenters. The summed E-state index contributed by atoms with van der Waals surface area (Å²) in [6.45, 7) is 0. The van der Waals surface area contributed by atoms with E-state index in [1.54, 1.807) is 43.1 Å². The molecule has 3 aromatic heterocycles. The molecule has 0 aromatic carbocycles. The molecule has 12 heteroatoms. The van der Waals surface area contributed by atoms with Gasteiger partial charge in [-0.1, -0.05) is 0 Å². The summed E-state index contributed by atoms with van der Waals surface area (Å²) < 4.78 is 35.7. The molecule has 2 aliphatic carbocycles. The van der Waals surface area contributed by atoms with E-state index in [1.807, 2.05) is 0 Å². The number of hydrogen-bond acceptors (Lipinski definition) is 7. The van der Waals surface area contributed by atoms with Crippen LogP contribution in [-0.4, -0.2) is 57.3 Å². The van der Waals surface area contributed by atoms with Gasteiger partial charge in [0.1, 0.15) is 22.9 Å². The number of rotatable bonds is 7. The minimum absolute atomic E-state index is 0.0633. The van der Waals surface area contributed by atoms with Crippen molar-refractivity contribution in [3.63, 3.8) is 0 Å². The van der Waals surface area contributed by atoms with Gasteiger partial charge in [0.05, 0.1) is 18.3 Å². The van der Waals surface area contributed by atoms with Gasteiger partial charge in [-0.3, -0.25) is 9.59 Å². The zero-order valence-electron chi connectivity index (χ0n) is 18.7. The molecule has 2 aliphatic rings. The zero-order valence-corrected chi connectivity index (χ0v) is 18.7. The number of ether oxygens (including phenoxy) is 1. The van der Waals surface area contributed by atoms with Gasteiger partial charge in [0.2, 0.25) is 0 Å². The van der Waals surface area contributed by atoms with Crippen molar-refractivity contribution >= 4 is 28.9 Å². The normalized spacial score (nSPS) is 23.1. The number of carbonyl (C=O) groups excluding carboxylic acids is 1. The first-order valence-corrected chi connectivity index (χ1v) is 11.1. The molecule has 10 nitrogen and oxygen atoms in total. The summed E-state index contributed by atoms with van der Waals surface area (Å²) in [5.74, 6) is -2.78. The molecule has 5 rings (SSSR count). The number of anilines is 3. The van der Waals surface area contributed by atoms with Gasteiger partial charge in [-0.25, -0.2) is 13.8 Å². The summed E-state index contributed by atoms with van der Waals surface area (Å²) >= 11 is 0. The second-order valence-corrected chi connectivity index (χ2v) is 8.64. The first-order valence-electron chi connectivity index (χ1n) is 11.1. The summed E-state index contributed by atoms with van der Waals surface area (Å²) in [5.41, 5.74) is 0.358. The first kappa shape index (κ1) is 22.3. The Balaban J connectivity index is 1.44. The predicted octanol–water partition coefficient (Wildman–Crippen LogP) is 2.55. The van der Waals surface area contributed by atoms with Crippen molar-refractivity contribution in [3.05, 3.63) is 46.5 Å². The lowest BCUT2D eigenvalue weighted by Crippen LogP contribution is -2.55. The largest absolute Gasteiger partial charge is 0.381 e. The molecule has 0 unspecified atom stereocenters. The van der Waals surface area contributed by atoms with E-state index in [1.165, 1.54) is 10.7 Å². The Morgan fingerprint density at radius 3 is 2.76 bits per heavy atom. The van der Waals surface area contributed by atoms with Gasteiger partial charge >= 0.3 is 0 Å². The highest BCUT2D eigenvalue weighted by Crippen LogP contribution is 2.38. The molecule has 3 N–H and O–H groups in total. The number of carbonyl (C=O) groups is 1. The van der Waals surface area contributed by atoms with Crippen molar-refractivity contribution in [1.82, 2.24) is 24.5 Å². The van der Waals surface area contributed by atoms with E-state index in [0.717, 1.165) is 12.8 Å². The Bertz CT molecular complexity index is 1300. The van der Waals surface area contributed by atoms with Crippen LogP contribution in [0, 0.1) is 0 Å². The van der Waals surface area contributed by atoms with Crippen molar-refractivity contribution in [1.29, 1.82) is 0 Å². The van der Waals surface area contributed by atoms with Gasteiger partial charge < -0.3 is 25.3 Å². The van der Waals surface area contributed by atoms with Crippen molar-refractivity contribution in [3.8, 4) is 0 Å². The number of nitrogens with one attached hydrogen (secondary N) is 3. The molecule has 2 saturated carbocycles. The maximum atomic E-state index is 13.6. The van der Waals surface area contributed by atoms with Gasteiger partial charge in [-0.2, -0.15) is 9.61 Å². The fourth-order valence-electron chi connectivity index (χ4n) is 4.27. The van der Waals surface area contributed by atoms with Crippen molar-refractivity contribution in [2.45, 2.75) is 49.8 Å². The van der Waals surface area contributed by atoms with E-state index in [0.29, 0.717) is 17.3 Å². The van der Waals surface area contributed by atoms with Gasteiger partial charge in [-0.05, 0) is 31.4 Å². The van der Waals surface area contributed by atoms with Crippen LogP contribution >= 0.6 is 0 Å². The fraction of sp³-hybridized carbons (Fsp3) is 0.455. The molecule has 0 radical (unpaired) electrons. The molecule has 180 valence electrons. The Kier molecular flexibility index (Phi) is 5.47. The van der Waals surface area contributed by atoms with Crippen molar-refractivity contribution in [2.24, 2.45) is 0 Å². The lowest BCUT2D eigenvalue weighted by molar-refractivity contribution is -0.102. The minimum atomic E-state index is -2.91. The van der Waals surface area contributed by atoms with Crippen molar-refractivity contribution < 1.29 is 18.3 Å². The number of nitrogens with zero attached hydrogens (tertiary/aromatic N) is 4. The smallest absolute Gasteiger partial charge is 0.274 e. The van der Waals surface area contributed by atoms with Gasteiger partial charge in [0.15, 0.2) is 5.65 Å². The van der Waals surface area contributed by atoms with E-state index >= 15 is 0 Å². The van der Waals surface area contributed by atoms with Gasteiger partial charge in [0.25, 0.3) is 17.4 Å². The summed E-state index contributed by atoms with van der Waals surface area (Å²) in [5, 5.41) is 12.5. The highest BCUT2D eigenvalue weighted by atomic mass is 19.3.